The van der Waals surface area contributed by atoms with Gasteiger partial charge in [0.25, 0.3) is 0 Å². The zero-order chi connectivity index (χ0) is 16.0. The lowest BCUT2D eigenvalue weighted by Gasteiger charge is -2.21. The maximum absolute atomic E-state index is 12.8. The van der Waals surface area contributed by atoms with Crippen molar-refractivity contribution in [3.63, 3.8) is 0 Å². The summed E-state index contributed by atoms with van der Waals surface area (Å²) >= 11 is 0. The molecular weight excluding hydrogens is 289 g/mol. The number of amidine groups is 1. The Hall–Kier alpha value is -2.19. The third kappa shape index (κ3) is 5.01. The standard InChI is InChI=1S/C12H17F3N4O2/c1-7(2)21-11-9(4-3-5-17-11)18-6-8(10(16)19-20)12(13,14)15/h3-5,7-8,18,20H,6H2,1-2H3,(H2,16,19). The second-order valence-corrected chi connectivity index (χ2v) is 4.52. The number of alkyl halides is 3. The van der Waals surface area contributed by atoms with Crippen molar-refractivity contribution < 1.29 is 23.1 Å². The third-order valence-electron chi connectivity index (χ3n) is 2.48. The van der Waals surface area contributed by atoms with E-state index in [4.69, 9.17) is 15.7 Å². The first-order valence-corrected chi connectivity index (χ1v) is 6.15. The molecule has 0 fully saturated rings. The summed E-state index contributed by atoms with van der Waals surface area (Å²) in [6, 6.07) is 3.09. The highest BCUT2D eigenvalue weighted by molar-refractivity contribution is 5.83. The summed E-state index contributed by atoms with van der Waals surface area (Å²) in [5, 5.41) is 13.4. The monoisotopic (exact) mass is 306 g/mol. The minimum Gasteiger partial charge on any atom is -0.473 e. The molecule has 1 unspecified atom stereocenters. The van der Waals surface area contributed by atoms with E-state index in [1.807, 2.05) is 0 Å². The molecule has 4 N–H and O–H groups in total. The Morgan fingerprint density at radius 3 is 2.71 bits per heavy atom. The number of halogens is 3. The topological polar surface area (TPSA) is 92.8 Å². The molecule has 9 heteroatoms. The van der Waals surface area contributed by atoms with Crippen molar-refractivity contribution in [3.8, 4) is 5.88 Å². The Labute approximate surface area is 119 Å². The van der Waals surface area contributed by atoms with Crippen LogP contribution in [0.25, 0.3) is 0 Å². The van der Waals surface area contributed by atoms with E-state index in [0.29, 0.717) is 5.69 Å². The Morgan fingerprint density at radius 2 is 2.19 bits per heavy atom. The number of ether oxygens (including phenoxy) is 1. The van der Waals surface area contributed by atoms with Crippen LogP contribution in [0.2, 0.25) is 0 Å². The van der Waals surface area contributed by atoms with Crippen LogP contribution in [0.4, 0.5) is 18.9 Å². The van der Waals surface area contributed by atoms with Gasteiger partial charge in [-0.15, -0.1) is 0 Å². The van der Waals surface area contributed by atoms with Crippen LogP contribution in [0.3, 0.4) is 0 Å². The van der Waals surface area contributed by atoms with Crippen molar-refractivity contribution in [3.05, 3.63) is 18.3 Å². The first kappa shape index (κ1) is 16.9. The highest BCUT2D eigenvalue weighted by Gasteiger charge is 2.42. The van der Waals surface area contributed by atoms with Crippen molar-refractivity contribution in [2.75, 3.05) is 11.9 Å². The summed E-state index contributed by atoms with van der Waals surface area (Å²) in [7, 11) is 0. The molecule has 0 bridgehead atoms. The smallest absolute Gasteiger partial charge is 0.400 e. The molecular formula is C12H17F3N4O2. The molecule has 0 aliphatic heterocycles. The average molecular weight is 306 g/mol. The van der Waals surface area contributed by atoms with Crippen molar-refractivity contribution in [2.45, 2.75) is 26.1 Å². The normalized spacial score (nSPS) is 14.1. The molecule has 1 atom stereocenters. The first-order valence-electron chi connectivity index (χ1n) is 6.15. The molecule has 0 aromatic carbocycles. The fourth-order valence-electron chi connectivity index (χ4n) is 1.51. The first-order chi connectivity index (χ1) is 9.75. The van der Waals surface area contributed by atoms with Gasteiger partial charge in [-0.25, -0.2) is 4.98 Å². The largest absolute Gasteiger partial charge is 0.473 e. The number of aromatic nitrogens is 1. The van der Waals surface area contributed by atoms with E-state index in [0.717, 1.165) is 0 Å². The average Bonchev–Trinajstić information content (AvgIpc) is 2.38. The van der Waals surface area contributed by atoms with Gasteiger partial charge in [0.1, 0.15) is 5.92 Å². The third-order valence-corrected chi connectivity index (χ3v) is 2.48. The molecule has 21 heavy (non-hydrogen) atoms. The second kappa shape index (κ2) is 7.00. The summed E-state index contributed by atoms with van der Waals surface area (Å²) in [5.74, 6) is -2.84. The van der Waals surface area contributed by atoms with E-state index in [-0.39, 0.29) is 12.0 Å². The Morgan fingerprint density at radius 1 is 1.52 bits per heavy atom. The highest BCUT2D eigenvalue weighted by Crippen LogP contribution is 2.28. The number of pyridine rings is 1. The van der Waals surface area contributed by atoms with Gasteiger partial charge in [0, 0.05) is 12.7 Å². The molecule has 1 heterocycles. The number of nitrogens with zero attached hydrogens (tertiary/aromatic N) is 2. The Bertz CT molecular complexity index is 492. The molecule has 0 spiro atoms. The number of hydrogen-bond donors (Lipinski definition) is 3. The van der Waals surface area contributed by atoms with E-state index >= 15 is 0 Å². The quantitative estimate of drug-likeness (QED) is 0.324. The van der Waals surface area contributed by atoms with Gasteiger partial charge in [0.15, 0.2) is 5.84 Å². The molecule has 0 saturated heterocycles. The molecule has 0 aliphatic carbocycles. The lowest BCUT2D eigenvalue weighted by Crippen LogP contribution is -2.40. The van der Waals surface area contributed by atoms with Crippen LogP contribution < -0.4 is 15.8 Å². The minimum atomic E-state index is -4.63. The molecule has 1 aromatic rings. The number of oxime groups is 1. The predicted octanol–water partition coefficient (Wildman–Crippen LogP) is 2.21. The summed E-state index contributed by atoms with van der Waals surface area (Å²) in [4.78, 5) is 3.95. The Kier molecular flexibility index (Phi) is 5.62. The van der Waals surface area contributed by atoms with Gasteiger partial charge in [-0.05, 0) is 26.0 Å². The summed E-state index contributed by atoms with van der Waals surface area (Å²) in [5.41, 5.74) is 5.38. The van der Waals surface area contributed by atoms with E-state index in [2.05, 4.69) is 15.5 Å². The predicted molar refractivity (Wildman–Crippen MR) is 71.4 cm³/mol. The van der Waals surface area contributed by atoms with Crippen molar-refractivity contribution >= 4 is 11.5 Å². The molecule has 6 nitrogen and oxygen atoms in total. The van der Waals surface area contributed by atoms with Gasteiger partial charge in [-0.2, -0.15) is 13.2 Å². The zero-order valence-electron chi connectivity index (χ0n) is 11.6. The van der Waals surface area contributed by atoms with Crippen LogP contribution in [0.15, 0.2) is 23.5 Å². The van der Waals surface area contributed by atoms with Gasteiger partial charge in [-0.1, -0.05) is 5.16 Å². The van der Waals surface area contributed by atoms with Crippen LogP contribution in [0.5, 0.6) is 5.88 Å². The second-order valence-electron chi connectivity index (χ2n) is 4.52. The SMILES string of the molecule is CC(C)Oc1ncccc1NCC(/C(N)=N/O)C(F)(F)F. The van der Waals surface area contributed by atoms with Crippen LogP contribution in [0, 0.1) is 5.92 Å². The molecule has 0 saturated carbocycles. The number of nitrogens with one attached hydrogen (secondary N) is 1. The van der Waals surface area contributed by atoms with Gasteiger partial charge in [-0.3, -0.25) is 0 Å². The van der Waals surface area contributed by atoms with E-state index < -0.39 is 24.5 Å². The molecule has 0 amide bonds. The van der Waals surface area contributed by atoms with E-state index in [1.165, 1.54) is 12.3 Å². The summed E-state index contributed by atoms with van der Waals surface area (Å²) in [6.45, 7) is 2.94. The molecule has 1 rings (SSSR count). The minimum absolute atomic E-state index is 0.178. The fraction of sp³-hybridized carbons (Fsp3) is 0.500. The molecule has 0 aliphatic rings. The number of nitrogens with two attached hydrogens (primary N) is 1. The maximum atomic E-state index is 12.8. The van der Waals surface area contributed by atoms with Crippen molar-refractivity contribution in [1.82, 2.24) is 4.98 Å². The number of hydrogen-bond acceptors (Lipinski definition) is 5. The molecule has 1 aromatic heterocycles. The van der Waals surface area contributed by atoms with Crippen LogP contribution in [-0.4, -0.2) is 34.9 Å². The molecule has 0 radical (unpaired) electrons. The lowest BCUT2D eigenvalue weighted by atomic mass is 10.1. The van der Waals surface area contributed by atoms with Crippen molar-refractivity contribution in [2.24, 2.45) is 16.8 Å². The number of rotatable bonds is 6. The van der Waals surface area contributed by atoms with Gasteiger partial charge in [0.2, 0.25) is 5.88 Å². The highest BCUT2D eigenvalue weighted by atomic mass is 19.4. The lowest BCUT2D eigenvalue weighted by molar-refractivity contribution is -0.152. The van der Waals surface area contributed by atoms with E-state index in [1.54, 1.807) is 19.9 Å². The van der Waals surface area contributed by atoms with Gasteiger partial charge < -0.3 is 21.0 Å². The zero-order valence-corrected chi connectivity index (χ0v) is 11.6. The van der Waals surface area contributed by atoms with Crippen LogP contribution in [0.1, 0.15) is 13.8 Å². The number of anilines is 1. The van der Waals surface area contributed by atoms with Gasteiger partial charge >= 0.3 is 6.18 Å². The van der Waals surface area contributed by atoms with Crippen LogP contribution >= 0.6 is 0 Å². The van der Waals surface area contributed by atoms with Crippen molar-refractivity contribution in [1.29, 1.82) is 0 Å². The summed E-state index contributed by atoms with van der Waals surface area (Å²) < 4.78 is 43.8. The fourth-order valence-corrected chi connectivity index (χ4v) is 1.51. The van der Waals surface area contributed by atoms with Crippen LogP contribution in [-0.2, 0) is 0 Å². The summed E-state index contributed by atoms with van der Waals surface area (Å²) in [6.07, 6.45) is -3.35. The molecule has 118 valence electrons. The maximum Gasteiger partial charge on any atom is 0.400 e. The Balaban J connectivity index is 2.86. The van der Waals surface area contributed by atoms with E-state index in [9.17, 15) is 13.2 Å². The van der Waals surface area contributed by atoms with Gasteiger partial charge in [0.05, 0.1) is 11.8 Å².